The third kappa shape index (κ3) is 4.11. The number of benzene rings is 2. The summed E-state index contributed by atoms with van der Waals surface area (Å²) in [7, 11) is -1.13. The third-order valence-corrected chi connectivity index (χ3v) is 3.74. The monoisotopic (exact) mass is 325 g/mol. The summed E-state index contributed by atoms with van der Waals surface area (Å²) in [5.41, 5.74) is 0.469. The van der Waals surface area contributed by atoms with Gasteiger partial charge in [-0.2, -0.15) is 8.78 Å². The minimum Gasteiger partial charge on any atom is -0.433 e. The Morgan fingerprint density at radius 3 is 2.36 bits per heavy atom. The smallest absolute Gasteiger partial charge is 0.387 e. The normalized spacial score (nSPS) is 12.0. The van der Waals surface area contributed by atoms with Crippen molar-refractivity contribution < 1.29 is 22.5 Å². The summed E-state index contributed by atoms with van der Waals surface area (Å²) in [4.78, 5) is 12.7. The largest absolute Gasteiger partial charge is 0.433 e. The van der Waals surface area contributed by atoms with E-state index in [2.05, 4.69) is 10.1 Å². The van der Waals surface area contributed by atoms with Crippen LogP contribution < -0.4 is 10.1 Å². The Balaban J connectivity index is 2.16. The van der Waals surface area contributed by atoms with Gasteiger partial charge in [0.1, 0.15) is 5.75 Å². The first-order valence-electron chi connectivity index (χ1n) is 6.26. The van der Waals surface area contributed by atoms with Crippen molar-refractivity contribution in [2.45, 2.75) is 11.5 Å². The van der Waals surface area contributed by atoms with E-state index in [-0.39, 0.29) is 11.4 Å². The molecule has 2 rings (SSSR count). The van der Waals surface area contributed by atoms with Gasteiger partial charge in [-0.05, 0) is 36.4 Å². The molecule has 0 radical (unpaired) electrons. The molecular weight excluding hydrogens is 312 g/mol. The van der Waals surface area contributed by atoms with Crippen LogP contribution in [0.3, 0.4) is 0 Å². The van der Waals surface area contributed by atoms with E-state index in [4.69, 9.17) is 0 Å². The van der Waals surface area contributed by atoms with Crippen LogP contribution in [-0.2, 0) is 10.8 Å². The highest BCUT2D eigenvalue weighted by Gasteiger charge is 2.12. The molecule has 1 N–H and O–H groups in total. The van der Waals surface area contributed by atoms with Crippen molar-refractivity contribution in [3.63, 3.8) is 0 Å². The highest BCUT2D eigenvalue weighted by Crippen LogP contribution is 2.26. The van der Waals surface area contributed by atoms with Crippen LogP contribution in [0.15, 0.2) is 53.4 Å². The van der Waals surface area contributed by atoms with Crippen LogP contribution in [0.2, 0.25) is 0 Å². The summed E-state index contributed by atoms with van der Waals surface area (Å²) < 4.78 is 40.3. The Morgan fingerprint density at radius 2 is 1.77 bits per heavy atom. The zero-order valence-electron chi connectivity index (χ0n) is 11.6. The van der Waals surface area contributed by atoms with Crippen molar-refractivity contribution in [1.29, 1.82) is 0 Å². The Morgan fingerprint density at radius 1 is 1.14 bits per heavy atom. The van der Waals surface area contributed by atoms with Crippen molar-refractivity contribution >= 4 is 22.4 Å². The highest BCUT2D eigenvalue weighted by molar-refractivity contribution is 7.84. The summed E-state index contributed by atoms with van der Waals surface area (Å²) >= 11 is 0. The van der Waals surface area contributed by atoms with Gasteiger partial charge >= 0.3 is 6.61 Å². The molecule has 1 unspecified atom stereocenters. The molecule has 0 fully saturated rings. The number of para-hydroxylation sites is 2. The average molecular weight is 325 g/mol. The Bertz CT molecular complexity index is 689. The van der Waals surface area contributed by atoms with Gasteiger partial charge < -0.3 is 10.1 Å². The number of carbonyl (C=O) groups is 1. The molecule has 22 heavy (non-hydrogen) atoms. The molecule has 0 aliphatic heterocycles. The first-order chi connectivity index (χ1) is 10.5. The quantitative estimate of drug-likeness (QED) is 0.918. The van der Waals surface area contributed by atoms with Crippen molar-refractivity contribution in [3.05, 3.63) is 54.1 Å². The molecule has 0 aromatic heterocycles. The first-order valence-corrected chi connectivity index (χ1v) is 7.82. The van der Waals surface area contributed by atoms with E-state index in [1.807, 2.05) is 0 Å². The molecule has 4 nitrogen and oxygen atoms in total. The first kappa shape index (κ1) is 16.1. The molecule has 0 saturated heterocycles. The molecule has 1 atom stereocenters. The summed E-state index contributed by atoms with van der Waals surface area (Å²) in [5, 5.41) is 2.51. The van der Waals surface area contributed by atoms with Gasteiger partial charge in [0.15, 0.2) is 0 Å². The van der Waals surface area contributed by atoms with Crippen LogP contribution >= 0.6 is 0 Å². The van der Waals surface area contributed by atoms with Crippen LogP contribution in [0, 0.1) is 0 Å². The van der Waals surface area contributed by atoms with Crippen LogP contribution in [0.5, 0.6) is 5.75 Å². The summed E-state index contributed by atoms with van der Waals surface area (Å²) in [5.74, 6) is -0.587. The molecule has 116 valence electrons. The molecule has 1 amide bonds. The number of amides is 1. The Hall–Kier alpha value is -2.28. The lowest BCUT2D eigenvalue weighted by atomic mass is 10.2. The van der Waals surface area contributed by atoms with Crippen LogP contribution in [0.1, 0.15) is 10.4 Å². The van der Waals surface area contributed by atoms with Crippen molar-refractivity contribution in [2.75, 3.05) is 11.6 Å². The molecule has 0 bridgehead atoms. The van der Waals surface area contributed by atoms with E-state index in [0.717, 1.165) is 0 Å². The lowest BCUT2D eigenvalue weighted by molar-refractivity contribution is -0.0493. The number of carbonyl (C=O) groups excluding carboxylic acids is 1. The lowest BCUT2D eigenvalue weighted by Crippen LogP contribution is -2.13. The maximum Gasteiger partial charge on any atom is 0.387 e. The summed E-state index contributed by atoms with van der Waals surface area (Å²) in [6.45, 7) is -2.98. The maximum absolute atomic E-state index is 12.3. The second-order valence-corrected chi connectivity index (χ2v) is 5.69. The molecule has 0 aliphatic rings. The number of rotatable bonds is 5. The van der Waals surface area contributed by atoms with E-state index in [1.54, 1.807) is 18.2 Å². The zero-order valence-corrected chi connectivity index (χ0v) is 12.4. The standard InChI is InChI=1S/C15H13F2NO3S/c1-22(20)11-8-6-10(7-9-11)14(19)18-12-4-2-3-5-13(12)21-15(16)17/h2-9,15H,1H3,(H,18,19). The second kappa shape index (κ2) is 7.13. The number of nitrogens with one attached hydrogen (secondary N) is 1. The topological polar surface area (TPSA) is 55.4 Å². The molecule has 7 heteroatoms. The number of alkyl halides is 2. The van der Waals surface area contributed by atoms with Crippen molar-refractivity contribution in [1.82, 2.24) is 0 Å². The van der Waals surface area contributed by atoms with Crippen LogP contribution in [0.25, 0.3) is 0 Å². The van der Waals surface area contributed by atoms with Gasteiger partial charge in [0.05, 0.1) is 5.69 Å². The molecule has 0 saturated carbocycles. The fraction of sp³-hybridized carbons (Fsp3) is 0.133. The molecule has 2 aromatic carbocycles. The summed E-state index contributed by atoms with van der Waals surface area (Å²) in [6.07, 6.45) is 1.53. The number of halogens is 2. The number of hydrogen-bond acceptors (Lipinski definition) is 3. The van der Waals surface area contributed by atoms with Gasteiger partial charge in [0.25, 0.3) is 5.91 Å². The molecule has 0 spiro atoms. The molecule has 0 heterocycles. The van der Waals surface area contributed by atoms with Crippen molar-refractivity contribution in [2.24, 2.45) is 0 Å². The van der Waals surface area contributed by atoms with Gasteiger partial charge in [-0.15, -0.1) is 0 Å². The van der Waals surface area contributed by atoms with Crippen molar-refractivity contribution in [3.8, 4) is 5.75 Å². The van der Waals surface area contributed by atoms with E-state index >= 15 is 0 Å². The highest BCUT2D eigenvalue weighted by atomic mass is 32.2. The predicted octanol–water partition coefficient (Wildman–Crippen LogP) is 3.28. The lowest BCUT2D eigenvalue weighted by Gasteiger charge is -2.11. The molecular formula is C15H13F2NO3S. The number of anilines is 1. The third-order valence-electron chi connectivity index (χ3n) is 2.80. The summed E-state index contributed by atoms with van der Waals surface area (Å²) in [6, 6.07) is 12.1. The van der Waals surface area contributed by atoms with Gasteiger partial charge in [-0.1, -0.05) is 12.1 Å². The minimum absolute atomic E-state index is 0.114. The van der Waals surface area contributed by atoms with E-state index in [1.165, 1.54) is 36.6 Å². The fourth-order valence-electron chi connectivity index (χ4n) is 1.76. The Labute approximate surface area is 128 Å². The van der Waals surface area contributed by atoms with Gasteiger partial charge in [-0.3, -0.25) is 9.00 Å². The average Bonchev–Trinajstić information content (AvgIpc) is 2.48. The number of ether oxygens (including phenoxy) is 1. The number of hydrogen-bond donors (Lipinski definition) is 1. The van der Waals surface area contributed by atoms with E-state index in [9.17, 15) is 17.8 Å². The Kier molecular flexibility index (Phi) is 5.21. The predicted molar refractivity (Wildman–Crippen MR) is 79.8 cm³/mol. The zero-order chi connectivity index (χ0) is 16.1. The molecule has 2 aromatic rings. The van der Waals surface area contributed by atoms with E-state index < -0.39 is 23.3 Å². The SMILES string of the molecule is CS(=O)c1ccc(C(=O)Nc2ccccc2OC(F)F)cc1. The molecule has 0 aliphatic carbocycles. The van der Waals surface area contributed by atoms with Gasteiger partial charge in [0.2, 0.25) is 0 Å². The van der Waals surface area contributed by atoms with Gasteiger partial charge in [0, 0.05) is 27.5 Å². The maximum atomic E-state index is 12.3. The minimum atomic E-state index is -2.98. The van der Waals surface area contributed by atoms with E-state index in [0.29, 0.717) is 10.5 Å². The van der Waals surface area contributed by atoms with Gasteiger partial charge in [-0.25, -0.2) is 0 Å². The van der Waals surface area contributed by atoms with Crippen LogP contribution in [0.4, 0.5) is 14.5 Å². The van der Waals surface area contributed by atoms with Crippen LogP contribution in [-0.4, -0.2) is 23.0 Å². The fourth-order valence-corrected chi connectivity index (χ4v) is 2.28. The second-order valence-electron chi connectivity index (χ2n) is 4.31.